The van der Waals surface area contributed by atoms with Crippen LogP contribution < -0.4 is 14.8 Å². The van der Waals surface area contributed by atoms with Gasteiger partial charge in [-0.3, -0.25) is 19.3 Å². The second-order valence-electron chi connectivity index (χ2n) is 6.42. The summed E-state index contributed by atoms with van der Waals surface area (Å²) in [4.78, 5) is 48.7. The fourth-order valence-corrected chi connectivity index (χ4v) is 3.78. The molecule has 3 amide bonds. The number of aliphatic carboxylic acids is 1. The predicted octanol–water partition coefficient (Wildman–Crippen LogP) is 3.49. The second kappa shape index (κ2) is 10.2. The minimum absolute atomic E-state index is 0.162. The van der Waals surface area contributed by atoms with Crippen LogP contribution in [0.15, 0.2) is 47.4 Å². The van der Waals surface area contributed by atoms with Crippen molar-refractivity contribution in [3.8, 4) is 11.5 Å². The summed E-state index contributed by atoms with van der Waals surface area (Å²) in [6.45, 7) is -0.920. The molecule has 0 unspecified atom stereocenters. The lowest BCUT2D eigenvalue weighted by molar-refractivity contribution is -0.139. The summed E-state index contributed by atoms with van der Waals surface area (Å²) in [7, 11) is 1.47. The van der Waals surface area contributed by atoms with Crippen molar-refractivity contribution in [3.05, 3.63) is 58.0 Å². The van der Waals surface area contributed by atoms with E-state index in [9.17, 15) is 19.2 Å². The molecular weight excluding hydrogens is 460 g/mol. The van der Waals surface area contributed by atoms with Crippen LogP contribution in [0.4, 0.5) is 10.5 Å². The fourth-order valence-electron chi connectivity index (χ4n) is 2.68. The van der Waals surface area contributed by atoms with Crippen LogP contribution in [-0.2, 0) is 14.4 Å². The van der Waals surface area contributed by atoms with Gasteiger partial charge in [-0.1, -0.05) is 23.7 Å². The largest absolute Gasteiger partial charge is 0.495 e. The molecule has 1 saturated heterocycles. The van der Waals surface area contributed by atoms with Crippen LogP contribution in [0.5, 0.6) is 11.5 Å². The molecule has 9 nitrogen and oxygen atoms in total. The summed E-state index contributed by atoms with van der Waals surface area (Å²) in [5.41, 5.74) is 1.00. The van der Waals surface area contributed by atoms with Crippen LogP contribution in [-0.4, -0.2) is 53.3 Å². The van der Waals surface area contributed by atoms with Gasteiger partial charge in [0.1, 0.15) is 18.0 Å². The summed E-state index contributed by atoms with van der Waals surface area (Å²) < 4.78 is 10.1. The summed E-state index contributed by atoms with van der Waals surface area (Å²) in [5.74, 6) is -1.44. The van der Waals surface area contributed by atoms with Crippen molar-refractivity contribution in [3.63, 3.8) is 0 Å². The zero-order valence-corrected chi connectivity index (χ0v) is 18.2. The topological polar surface area (TPSA) is 122 Å². The van der Waals surface area contributed by atoms with E-state index in [0.29, 0.717) is 27.8 Å². The van der Waals surface area contributed by atoms with Crippen LogP contribution in [0, 0.1) is 0 Å². The summed E-state index contributed by atoms with van der Waals surface area (Å²) in [6, 6.07) is 11.0. The number of hydrogen-bond donors (Lipinski definition) is 2. The molecule has 32 heavy (non-hydrogen) atoms. The van der Waals surface area contributed by atoms with Crippen LogP contribution in [0.3, 0.4) is 0 Å². The third-order valence-electron chi connectivity index (χ3n) is 4.15. The monoisotopic (exact) mass is 476 g/mol. The molecule has 166 valence electrons. The van der Waals surface area contributed by atoms with Crippen LogP contribution >= 0.6 is 23.4 Å². The van der Waals surface area contributed by atoms with Gasteiger partial charge in [0, 0.05) is 5.69 Å². The number of halogens is 1. The lowest BCUT2D eigenvalue weighted by atomic mass is 10.2. The minimum atomic E-state index is -1.10. The fraction of sp³-hybridized carbons (Fsp3) is 0.143. The van der Waals surface area contributed by atoms with Gasteiger partial charge in [0.2, 0.25) is 5.91 Å². The van der Waals surface area contributed by atoms with E-state index in [1.165, 1.54) is 19.3 Å². The molecule has 0 bridgehead atoms. The molecule has 0 aliphatic carbocycles. The van der Waals surface area contributed by atoms with Gasteiger partial charge in [-0.15, -0.1) is 0 Å². The summed E-state index contributed by atoms with van der Waals surface area (Å²) in [5, 5.41) is 10.9. The molecule has 2 aromatic carbocycles. The standard InChI is InChI=1S/C21H17ClN2O7S/c1-30-16-7-4-13(9-15(16)22)23-18(25)10-24-20(28)17(32-21(24)29)8-12-2-5-14(6-3-12)31-11-19(26)27/h2-9H,10-11H2,1H3,(H,23,25)(H,26,27)/b17-8+. The van der Waals surface area contributed by atoms with Crippen molar-refractivity contribution in [2.75, 3.05) is 25.6 Å². The smallest absolute Gasteiger partial charge is 0.341 e. The maximum Gasteiger partial charge on any atom is 0.341 e. The molecule has 0 spiro atoms. The van der Waals surface area contributed by atoms with E-state index in [0.717, 1.165) is 16.7 Å². The van der Waals surface area contributed by atoms with E-state index in [-0.39, 0.29) is 4.91 Å². The SMILES string of the molecule is COc1ccc(NC(=O)CN2C(=O)S/C(=C/c3ccc(OCC(=O)O)cc3)C2=O)cc1Cl. The Morgan fingerprint density at radius 1 is 1.19 bits per heavy atom. The van der Waals surface area contributed by atoms with Gasteiger partial charge in [0.05, 0.1) is 17.0 Å². The quantitative estimate of drug-likeness (QED) is 0.555. The van der Waals surface area contributed by atoms with E-state index in [1.807, 2.05) is 0 Å². The van der Waals surface area contributed by atoms with Gasteiger partial charge in [-0.25, -0.2) is 4.79 Å². The number of carboxylic acid groups (broad SMARTS) is 1. The van der Waals surface area contributed by atoms with Crippen molar-refractivity contribution in [2.45, 2.75) is 0 Å². The molecule has 1 aliphatic rings. The maximum atomic E-state index is 12.6. The summed E-state index contributed by atoms with van der Waals surface area (Å²) in [6.07, 6.45) is 1.51. The first-order valence-corrected chi connectivity index (χ1v) is 10.3. The number of hydrogen-bond acceptors (Lipinski definition) is 7. The third-order valence-corrected chi connectivity index (χ3v) is 5.35. The van der Waals surface area contributed by atoms with Gasteiger partial charge >= 0.3 is 5.97 Å². The zero-order valence-electron chi connectivity index (χ0n) is 16.7. The number of benzene rings is 2. The van der Waals surface area contributed by atoms with Crippen LogP contribution in [0.2, 0.25) is 5.02 Å². The number of carbonyl (C=O) groups excluding carboxylic acids is 3. The Morgan fingerprint density at radius 3 is 2.53 bits per heavy atom. The van der Waals surface area contributed by atoms with Crippen molar-refractivity contribution >= 4 is 58.1 Å². The molecule has 2 N–H and O–H groups in total. The first-order chi connectivity index (χ1) is 15.3. The Morgan fingerprint density at radius 2 is 1.91 bits per heavy atom. The highest BCUT2D eigenvalue weighted by atomic mass is 35.5. The van der Waals surface area contributed by atoms with Gasteiger partial charge < -0.3 is 19.9 Å². The minimum Gasteiger partial charge on any atom is -0.495 e. The second-order valence-corrected chi connectivity index (χ2v) is 7.82. The van der Waals surface area contributed by atoms with E-state index >= 15 is 0 Å². The van der Waals surface area contributed by atoms with Crippen LogP contribution in [0.25, 0.3) is 6.08 Å². The van der Waals surface area contributed by atoms with Gasteiger partial charge in [-0.05, 0) is 53.7 Å². The van der Waals surface area contributed by atoms with Crippen molar-refractivity contribution in [1.29, 1.82) is 0 Å². The number of imide groups is 1. The normalized spacial score (nSPS) is 14.6. The number of amides is 3. The summed E-state index contributed by atoms with van der Waals surface area (Å²) >= 11 is 6.75. The van der Waals surface area contributed by atoms with Crippen molar-refractivity contribution < 1.29 is 33.8 Å². The average Bonchev–Trinajstić information content (AvgIpc) is 3.00. The van der Waals surface area contributed by atoms with Gasteiger partial charge in [0.15, 0.2) is 6.61 Å². The first kappa shape index (κ1) is 23.2. The Balaban J connectivity index is 1.63. The highest BCUT2D eigenvalue weighted by molar-refractivity contribution is 8.18. The molecule has 0 aromatic heterocycles. The molecule has 3 rings (SSSR count). The maximum absolute atomic E-state index is 12.6. The Kier molecular flexibility index (Phi) is 7.39. The highest BCUT2D eigenvalue weighted by Crippen LogP contribution is 2.32. The predicted molar refractivity (Wildman–Crippen MR) is 119 cm³/mol. The Bertz CT molecular complexity index is 1100. The number of nitrogens with zero attached hydrogens (tertiary/aromatic N) is 1. The lowest BCUT2D eigenvalue weighted by Gasteiger charge is -2.13. The molecule has 0 saturated carbocycles. The number of carboxylic acids is 1. The molecule has 2 aromatic rings. The van der Waals surface area contributed by atoms with E-state index < -0.39 is 36.2 Å². The van der Waals surface area contributed by atoms with E-state index in [4.69, 9.17) is 26.2 Å². The number of anilines is 1. The zero-order chi connectivity index (χ0) is 23.3. The molecule has 0 radical (unpaired) electrons. The molecule has 1 aliphatic heterocycles. The number of methoxy groups -OCH3 is 1. The van der Waals surface area contributed by atoms with E-state index in [2.05, 4.69) is 5.32 Å². The lowest BCUT2D eigenvalue weighted by Crippen LogP contribution is -2.36. The van der Waals surface area contributed by atoms with Crippen molar-refractivity contribution in [2.24, 2.45) is 0 Å². The molecule has 1 fully saturated rings. The Labute approximate surface area is 191 Å². The van der Waals surface area contributed by atoms with E-state index in [1.54, 1.807) is 36.4 Å². The molecule has 0 atom stereocenters. The van der Waals surface area contributed by atoms with Gasteiger partial charge in [-0.2, -0.15) is 0 Å². The molecular formula is C21H17ClN2O7S. The van der Waals surface area contributed by atoms with Gasteiger partial charge in [0.25, 0.3) is 11.1 Å². The average molecular weight is 477 g/mol. The molecule has 1 heterocycles. The van der Waals surface area contributed by atoms with Crippen molar-refractivity contribution in [1.82, 2.24) is 4.90 Å². The number of ether oxygens (including phenoxy) is 2. The molecule has 11 heteroatoms. The number of rotatable bonds is 8. The highest BCUT2D eigenvalue weighted by Gasteiger charge is 2.36. The third kappa shape index (κ3) is 5.80. The Hall–Kier alpha value is -3.50. The van der Waals surface area contributed by atoms with Crippen LogP contribution in [0.1, 0.15) is 5.56 Å². The number of thioether (sulfide) groups is 1. The number of carbonyl (C=O) groups is 4. The first-order valence-electron chi connectivity index (χ1n) is 9.10. The number of nitrogens with one attached hydrogen (secondary N) is 1.